The molecule has 0 aromatic heterocycles. The lowest BCUT2D eigenvalue weighted by molar-refractivity contribution is -0.0666. The third-order valence-electron chi connectivity index (χ3n) is 6.18. The lowest BCUT2D eigenvalue weighted by Crippen LogP contribution is -2.72. The van der Waals surface area contributed by atoms with Crippen LogP contribution in [-0.4, -0.2) is 57.3 Å². The number of likely N-dealkylation sites (tertiary alicyclic amines) is 1. The van der Waals surface area contributed by atoms with Crippen LogP contribution in [0.2, 0.25) is 0 Å². The van der Waals surface area contributed by atoms with Gasteiger partial charge in [-0.15, -0.1) is 24.0 Å². The quantitative estimate of drug-likeness (QED) is 0.388. The average molecular weight is 506 g/mol. The van der Waals surface area contributed by atoms with Gasteiger partial charge >= 0.3 is 0 Å². The molecule has 0 saturated carbocycles. The molecular formula is C19H31IN4O2S. The Labute approximate surface area is 180 Å². The van der Waals surface area contributed by atoms with E-state index in [4.69, 9.17) is 0 Å². The van der Waals surface area contributed by atoms with Crippen LogP contribution in [0.4, 0.5) is 5.69 Å². The van der Waals surface area contributed by atoms with Gasteiger partial charge in [-0.05, 0) is 31.9 Å². The standard InChI is InChI=1S/C19H30N4O2S.HI/c1-18(2)14-22(19(18,3)4)17(20-5)21-11-13-26(24,25)23-12-10-15-8-6-7-9-16(15)23;/h6-9H,10-14H2,1-5H3,(H,20,21);1H. The van der Waals surface area contributed by atoms with Gasteiger partial charge < -0.3 is 10.2 Å². The number of anilines is 1. The number of fused-ring (bicyclic) bond motifs is 1. The molecule has 2 aliphatic rings. The second-order valence-corrected chi connectivity index (χ2v) is 10.3. The summed E-state index contributed by atoms with van der Waals surface area (Å²) in [6.07, 6.45) is 0.779. The van der Waals surface area contributed by atoms with Crippen LogP contribution in [0, 0.1) is 5.41 Å². The molecule has 0 bridgehead atoms. The van der Waals surface area contributed by atoms with E-state index in [0.29, 0.717) is 13.1 Å². The van der Waals surface area contributed by atoms with Crippen molar-refractivity contribution in [2.75, 3.05) is 36.7 Å². The summed E-state index contributed by atoms with van der Waals surface area (Å²) in [5.74, 6) is 0.823. The number of benzene rings is 1. The van der Waals surface area contributed by atoms with E-state index in [-0.39, 0.29) is 40.7 Å². The maximum atomic E-state index is 12.8. The Bertz CT molecular complexity index is 821. The molecule has 0 aliphatic carbocycles. The van der Waals surface area contributed by atoms with E-state index in [2.05, 4.69) is 42.9 Å². The first-order chi connectivity index (χ1) is 12.1. The lowest BCUT2D eigenvalue weighted by Gasteiger charge is -2.62. The van der Waals surface area contributed by atoms with Crippen molar-refractivity contribution in [1.82, 2.24) is 10.2 Å². The van der Waals surface area contributed by atoms with E-state index in [1.807, 2.05) is 24.3 Å². The number of para-hydroxylation sites is 1. The van der Waals surface area contributed by atoms with Gasteiger partial charge in [0, 0.05) is 37.6 Å². The smallest absolute Gasteiger partial charge is 0.236 e. The summed E-state index contributed by atoms with van der Waals surface area (Å²) in [5.41, 5.74) is 2.12. The molecule has 8 heteroatoms. The van der Waals surface area contributed by atoms with Gasteiger partial charge in [0.2, 0.25) is 10.0 Å². The molecule has 1 N–H and O–H groups in total. The van der Waals surface area contributed by atoms with E-state index in [9.17, 15) is 8.42 Å². The van der Waals surface area contributed by atoms with Gasteiger partial charge in [-0.1, -0.05) is 32.0 Å². The van der Waals surface area contributed by atoms with E-state index in [1.165, 1.54) is 0 Å². The minimum absolute atomic E-state index is 0. The van der Waals surface area contributed by atoms with Crippen molar-refractivity contribution in [3.63, 3.8) is 0 Å². The minimum Gasteiger partial charge on any atom is -0.355 e. The summed E-state index contributed by atoms with van der Waals surface area (Å²) in [6.45, 7) is 10.7. The number of halogens is 1. The predicted octanol–water partition coefficient (Wildman–Crippen LogP) is 2.69. The Balaban J connectivity index is 0.00000261. The van der Waals surface area contributed by atoms with Crippen molar-refractivity contribution in [1.29, 1.82) is 0 Å². The molecule has 2 aliphatic heterocycles. The van der Waals surface area contributed by atoms with Gasteiger partial charge in [0.15, 0.2) is 5.96 Å². The van der Waals surface area contributed by atoms with E-state index < -0.39 is 10.0 Å². The SMILES string of the molecule is CN=C(NCCS(=O)(=O)N1CCc2ccccc21)N1CC(C)(C)C1(C)C.I. The van der Waals surface area contributed by atoms with Crippen molar-refractivity contribution in [3.8, 4) is 0 Å². The van der Waals surface area contributed by atoms with Crippen molar-refractivity contribution in [2.24, 2.45) is 10.4 Å². The fraction of sp³-hybridized carbons (Fsp3) is 0.632. The number of sulfonamides is 1. The largest absolute Gasteiger partial charge is 0.355 e. The maximum absolute atomic E-state index is 12.8. The average Bonchev–Trinajstić information content (AvgIpc) is 3.02. The summed E-state index contributed by atoms with van der Waals surface area (Å²) in [7, 11) is -1.60. The number of guanidine groups is 1. The van der Waals surface area contributed by atoms with E-state index >= 15 is 0 Å². The van der Waals surface area contributed by atoms with Gasteiger partial charge in [0.25, 0.3) is 0 Å². The topological polar surface area (TPSA) is 65.0 Å². The molecule has 2 heterocycles. The number of hydrogen-bond donors (Lipinski definition) is 1. The molecule has 1 fully saturated rings. The normalized spacial score (nSPS) is 20.6. The number of nitrogens with zero attached hydrogens (tertiary/aromatic N) is 3. The zero-order valence-electron chi connectivity index (χ0n) is 16.8. The highest BCUT2D eigenvalue weighted by Crippen LogP contribution is 2.46. The molecule has 152 valence electrons. The van der Waals surface area contributed by atoms with Gasteiger partial charge in [-0.25, -0.2) is 8.42 Å². The molecule has 0 spiro atoms. The molecule has 1 aromatic carbocycles. The Hall–Kier alpha value is -1.03. The van der Waals surface area contributed by atoms with Gasteiger partial charge in [-0.2, -0.15) is 0 Å². The van der Waals surface area contributed by atoms with Crippen molar-refractivity contribution < 1.29 is 8.42 Å². The molecule has 0 atom stereocenters. The van der Waals surface area contributed by atoms with Gasteiger partial charge in [-0.3, -0.25) is 9.30 Å². The van der Waals surface area contributed by atoms with Gasteiger partial charge in [0.1, 0.15) is 0 Å². The fourth-order valence-corrected chi connectivity index (χ4v) is 5.12. The highest BCUT2D eigenvalue weighted by Gasteiger charge is 2.53. The summed E-state index contributed by atoms with van der Waals surface area (Å²) in [5, 5.41) is 3.24. The summed E-state index contributed by atoms with van der Waals surface area (Å²) >= 11 is 0. The van der Waals surface area contributed by atoms with E-state index in [0.717, 1.165) is 30.2 Å². The number of hydrogen-bond acceptors (Lipinski definition) is 3. The van der Waals surface area contributed by atoms with Crippen molar-refractivity contribution >= 4 is 45.6 Å². The monoisotopic (exact) mass is 506 g/mol. The summed E-state index contributed by atoms with van der Waals surface area (Å²) in [6, 6.07) is 7.73. The Morgan fingerprint density at radius 2 is 1.89 bits per heavy atom. The molecular weight excluding hydrogens is 475 g/mol. The molecule has 0 unspecified atom stereocenters. The number of rotatable bonds is 4. The van der Waals surface area contributed by atoms with Crippen LogP contribution in [0.25, 0.3) is 0 Å². The van der Waals surface area contributed by atoms with Crippen LogP contribution in [-0.2, 0) is 16.4 Å². The maximum Gasteiger partial charge on any atom is 0.236 e. The first-order valence-corrected chi connectivity index (χ1v) is 10.8. The highest BCUT2D eigenvalue weighted by molar-refractivity contribution is 14.0. The highest BCUT2D eigenvalue weighted by atomic mass is 127. The molecule has 1 aromatic rings. The Morgan fingerprint density at radius 1 is 1.22 bits per heavy atom. The second-order valence-electron chi connectivity index (χ2n) is 8.27. The van der Waals surface area contributed by atoms with Crippen LogP contribution in [0.5, 0.6) is 0 Å². The zero-order valence-corrected chi connectivity index (χ0v) is 20.0. The third-order valence-corrected chi connectivity index (χ3v) is 7.95. The van der Waals surface area contributed by atoms with Crippen molar-refractivity contribution in [3.05, 3.63) is 29.8 Å². The van der Waals surface area contributed by atoms with Crippen LogP contribution >= 0.6 is 24.0 Å². The second kappa shape index (κ2) is 7.77. The molecule has 3 rings (SSSR count). The first kappa shape index (κ1) is 22.3. The van der Waals surface area contributed by atoms with Crippen LogP contribution < -0.4 is 9.62 Å². The van der Waals surface area contributed by atoms with Crippen LogP contribution in [0.3, 0.4) is 0 Å². The minimum atomic E-state index is -3.35. The summed E-state index contributed by atoms with van der Waals surface area (Å²) in [4.78, 5) is 6.56. The summed E-state index contributed by atoms with van der Waals surface area (Å²) < 4.78 is 27.1. The zero-order chi connectivity index (χ0) is 19.2. The molecule has 27 heavy (non-hydrogen) atoms. The number of aliphatic imine (C=N–C) groups is 1. The third kappa shape index (κ3) is 3.92. The molecule has 0 amide bonds. The predicted molar refractivity (Wildman–Crippen MR) is 123 cm³/mol. The molecule has 0 radical (unpaired) electrons. The van der Waals surface area contributed by atoms with Gasteiger partial charge in [0.05, 0.1) is 11.4 Å². The number of nitrogens with one attached hydrogen (secondary N) is 1. The molecule has 6 nitrogen and oxygen atoms in total. The lowest BCUT2D eigenvalue weighted by atomic mass is 9.65. The molecule has 1 saturated heterocycles. The fourth-order valence-electron chi connectivity index (χ4n) is 3.69. The first-order valence-electron chi connectivity index (χ1n) is 9.17. The van der Waals surface area contributed by atoms with Crippen LogP contribution in [0.1, 0.15) is 33.3 Å². The Morgan fingerprint density at radius 3 is 2.48 bits per heavy atom. The van der Waals surface area contributed by atoms with Crippen LogP contribution in [0.15, 0.2) is 29.3 Å². The van der Waals surface area contributed by atoms with E-state index in [1.54, 1.807) is 11.4 Å². The van der Waals surface area contributed by atoms with Crippen molar-refractivity contribution in [2.45, 2.75) is 39.7 Å². The Kier molecular flexibility index (Phi) is 6.41.